The molecule has 1 saturated carbocycles. The number of hydrogen-bond donors (Lipinski definition) is 3. The largest absolute Gasteiger partial charge is 0.399 e. The topological polar surface area (TPSA) is 98.9 Å². The lowest BCUT2D eigenvalue weighted by Gasteiger charge is -2.58. The molecule has 1 aliphatic carbocycles. The quantitative estimate of drug-likeness (QED) is 0.678. The fraction of sp³-hybridized carbons (Fsp3) is 0.579. The van der Waals surface area contributed by atoms with E-state index >= 15 is 0 Å². The van der Waals surface area contributed by atoms with E-state index in [9.17, 15) is 14.7 Å². The van der Waals surface area contributed by atoms with Gasteiger partial charge in [-0.05, 0) is 49.3 Å². The second-order valence-electron chi connectivity index (χ2n) is 8.55. The average Bonchev–Trinajstić information content (AvgIpc) is 2.77. The number of nitrogens with one attached hydrogen (secondary N) is 1. The molecule has 3 unspecified atom stereocenters. The molecule has 0 radical (unpaired) electrons. The molecule has 138 valence electrons. The number of aliphatic hydroxyl groups excluding tert-OH is 1. The molecular weight excluding hydrogens is 332 g/mol. The van der Waals surface area contributed by atoms with Gasteiger partial charge >= 0.3 is 0 Å². The zero-order valence-electron chi connectivity index (χ0n) is 14.6. The summed E-state index contributed by atoms with van der Waals surface area (Å²) in [4.78, 5) is 29.0. The zero-order valence-corrected chi connectivity index (χ0v) is 14.6. The van der Waals surface area contributed by atoms with Crippen molar-refractivity contribution in [1.29, 1.82) is 0 Å². The molecule has 4 bridgehead atoms. The van der Waals surface area contributed by atoms with Crippen LogP contribution in [0.4, 0.5) is 5.69 Å². The van der Waals surface area contributed by atoms with Crippen molar-refractivity contribution in [2.24, 2.45) is 11.8 Å². The number of rotatable bonds is 3. The molecule has 3 saturated heterocycles. The van der Waals surface area contributed by atoms with E-state index in [4.69, 9.17) is 5.73 Å². The van der Waals surface area contributed by atoms with Gasteiger partial charge in [0.05, 0.1) is 5.54 Å². The normalized spacial score (nSPS) is 37.1. The van der Waals surface area contributed by atoms with Gasteiger partial charge in [-0.2, -0.15) is 0 Å². The monoisotopic (exact) mass is 356 g/mol. The molecule has 2 amide bonds. The van der Waals surface area contributed by atoms with Gasteiger partial charge in [0.2, 0.25) is 5.91 Å². The molecule has 4 fully saturated rings. The number of nitrogen functional groups attached to an aromatic ring is 1. The Morgan fingerprint density at radius 3 is 2.73 bits per heavy atom. The van der Waals surface area contributed by atoms with Gasteiger partial charge in [0.1, 0.15) is 6.54 Å². The Hall–Kier alpha value is -2.12. The van der Waals surface area contributed by atoms with Crippen LogP contribution in [0.15, 0.2) is 18.2 Å². The number of nitrogens with zero attached hydrogens (tertiary/aromatic N) is 2. The predicted molar refractivity (Wildman–Crippen MR) is 95.0 cm³/mol. The third-order valence-corrected chi connectivity index (χ3v) is 6.44. The highest BCUT2D eigenvalue weighted by molar-refractivity contribution is 6.01. The van der Waals surface area contributed by atoms with Gasteiger partial charge in [-0.3, -0.25) is 14.5 Å². The van der Waals surface area contributed by atoms with Gasteiger partial charge in [-0.15, -0.1) is 0 Å². The van der Waals surface area contributed by atoms with E-state index in [0.29, 0.717) is 28.7 Å². The third kappa shape index (κ3) is 2.41. The number of hydrogen-bond acceptors (Lipinski definition) is 5. The third-order valence-electron chi connectivity index (χ3n) is 6.44. The summed E-state index contributed by atoms with van der Waals surface area (Å²) in [6, 6.07) is 4.85. The molecule has 0 aromatic heterocycles. The lowest BCUT2D eigenvalue weighted by molar-refractivity contribution is -0.130. The highest BCUT2D eigenvalue weighted by Gasteiger charge is 2.51. The summed E-state index contributed by atoms with van der Waals surface area (Å²) >= 11 is 0. The van der Waals surface area contributed by atoms with E-state index in [0.717, 1.165) is 32.5 Å². The van der Waals surface area contributed by atoms with Gasteiger partial charge in [0, 0.05) is 36.4 Å². The molecule has 1 aromatic rings. The molecule has 4 N–H and O–H groups in total. The first-order chi connectivity index (χ1) is 12.4. The molecule has 6 rings (SSSR count). The molecule has 4 aliphatic heterocycles. The average molecular weight is 356 g/mol. The van der Waals surface area contributed by atoms with E-state index in [-0.39, 0.29) is 23.9 Å². The van der Waals surface area contributed by atoms with Crippen molar-refractivity contribution < 1.29 is 14.7 Å². The highest BCUT2D eigenvalue weighted by atomic mass is 16.3. The number of aliphatic hydroxyl groups is 1. The van der Waals surface area contributed by atoms with E-state index in [1.165, 1.54) is 11.3 Å². The van der Waals surface area contributed by atoms with E-state index in [1.54, 1.807) is 18.2 Å². The molecule has 1 aromatic carbocycles. The maximum Gasteiger partial charge on any atom is 0.257 e. The lowest BCUT2D eigenvalue weighted by Crippen LogP contribution is -2.69. The van der Waals surface area contributed by atoms with Crippen LogP contribution in [0.1, 0.15) is 41.4 Å². The predicted octanol–water partition coefficient (Wildman–Crippen LogP) is 0.316. The van der Waals surface area contributed by atoms with Crippen LogP contribution in [0.5, 0.6) is 0 Å². The molecule has 5 aliphatic rings. The second kappa shape index (κ2) is 5.44. The molecule has 7 heteroatoms. The standard InChI is InChI=1S/C19H24N4O3/c20-13-1-2-14-15(4-13)18(26)23(17(14)25)9-16(24)21-19-5-11-3-12(6-19)8-22(7-11)10-19/h1-2,4,11-12,18,26H,3,5-10,20H2,(H,21,24). The van der Waals surface area contributed by atoms with E-state index < -0.39 is 6.23 Å². The second-order valence-corrected chi connectivity index (χ2v) is 8.55. The van der Waals surface area contributed by atoms with Gasteiger partial charge in [0.25, 0.3) is 5.91 Å². The minimum atomic E-state index is -1.12. The van der Waals surface area contributed by atoms with Gasteiger partial charge in [0.15, 0.2) is 6.23 Å². The molecule has 0 spiro atoms. The summed E-state index contributed by atoms with van der Waals surface area (Å²) in [5, 5.41) is 13.7. The van der Waals surface area contributed by atoms with Crippen LogP contribution in [0.3, 0.4) is 0 Å². The van der Waals surface area contributed by atoms with Gasteiger partial charge in [-0.1, -0.05) is 0 Å². The Morgan fingerprint density at radius 1 is 1.31 bits per heavy atom. The Balaban J connectivity index is 1.30. The summed E-state index contributed by atoms with van der Waals surface area (Å²) in [5.74, 6) is 0.823. The number of carbonyl (C=O) groups excluding carboxylic acids is 2. The van der Waals surface area contributed by atoms with Crippen LogP contribution in [0, 0.1) is 11.8 Å². The number of nitrogens with two attached hydrogens (primary N) is 1. The van der Waals surface area contributed by atoms with E-state index in [1.807, 2.05) is 0 Å². The van der Waals surface area contributed by atoms with Crippen molar-refractivity contribution >= 4 is 17.5 Å². The molecule has 7 nitrogen and oxygen atoms in total. The Bertz CT molecular complexity index is 758. The van der Waals surface area contributed by atoms with Crippen molar-refractivity contribution in [3.8, 4) is 0 Å². The molecule has 4 heterocycles. The van der Waals surface area contributed by atoms with Crippen LogP contribution in [0.25, 0.3) is 0 Å². The van der Waals surface area contributed by atoms with Crippen molar-refractivity contribution in [1.82, 2.24) is 15.1 Å². The van der Waals surface area contributed by atoms with Crippen molar-refractivity contribution in [3.63, 3.8) is 0 Å². The van der Waals surface area contributed by atoms with Crippen molar-refractivity contribution in [3.05, 3.63) is 29.3 Å². The van der Waals surface area contributed by atoms with Crippen molar-refractivity contribution in [2.45, 2.75) is 31.0 Å². The Labute approximate surface area is 152 Å². The number of piperidine rings is 3. The fourth-order valence-electron chi connectivity index (χ4n) is 5.81. The first-order valence-corrected chi connectivity index (χ1v) is 9.34. The summed E-state index contributed by atoms with van der Waals surface area (Å²) in [6.45, 7) is 3.06. The minimum absolute atomic E-state index is 0.133. The van der Waals surface area contributed by atoms with Crippen molar-refractivity contribution in [2.75, 3.05) is 31.9 Å². The number of fused-ring (bicyclic) bond motifs is 1. The smallest absolute Gasteiger partial charge is 0.257 e. The summed E-state index contributed by atoms with van der Waals surface area (Å²) in [7, 11) is 0. The molecule has 26 heavy (non-hydrogen) atoms. The van der Waals surface area contributed by atoms with E-state index in [2.05, 4.69) is 10.2 Å². The number of amides is 2. The Kier molecular flexibility index (Phi) is 3.36. The van der Waals surface area contributed by atoms with Crippen LogP contribution in [-0.2, 0) is 4.79 Å². The summed E-state index contributed by atoms with van der Waals surface area (Å²) < 4.78 is 0. The van der Waals surface area contributed by atoms with Crippen LogP contribution in [-0.4, -0.2) is 58.4 Å². The summed E-state index contributed by atoms with van der Waals surface area (Å²) in [5.41, 5.74) is 6.98. The zero-order chi connectivity index (χ0) is 18.1. The Morgan fingerprint density at radius 2 is 2.04 bits per heavy atom. The molecule has 3 atom stereocenters. The number of benzene rings is 1. The fourth-order valence-corrected chi connectivity index (χ4v) is 5.81. The van der Waals surface area contributed by atoms with Gasteiger partial charge in [-0.25, -0.2) is 0 Å². The van der Waals surface area contributed by atoms with Crippen LogP contribution < -0.4 is 11.1 Å². The highest BCUT2D eigenvalue weighted by Crippen LogP contribution is 2.45. The lowest BCUT2D eigenvalue weighted by atomic mass is 9.64. The minimum Gasteiger partial charge on any atom is -0.399 e. The SMILES string of the molecule is Nc1ccc2c(c1)C(O)N(CC(=O)NC13CC4CC(CN(C4)C1)C3)C2=O. The number of anilines is 1. The molecular formula is C19H24N4O3. The summed E-state index contributed by atoms with van der Waals surface area (Å²) in [6.07, 6.45) is 2.21. The van der Waals surface area contributed by atoms with Crippen LogP contribution in [0.2, 0.25) is 0 Å². The maximum absolute atomic E-state index is 12.7. The maximum atomic E-state index is 12.7. The first-order valence-electron chi connectivity index (χ1n) is 9.34. The van der Waals surface area contributed by atoms with Crippen LogP contribution >= 0.6 is 0 Å². The van der Waals surface area contributed by atoms with Gasteiger partial charge < -0.3 is 21.1 Å². The number of carbonyl (C=O) groups is 2. The first kappa shape index (κ1) is 16.1.